The molecule has 1 fully saturated rings. The molecule has 25 heteroatoms. The molecule has 0 radical (unpaired) electrons. The number of aromatic nitrogens is 3. The topological polar surface area (TPSA) is 362 Å². The summed E-state index contributed by atoms with van der Waals surface area (Å²) in [7, 11) is 0. The second kappa shape index (κ2) is 28.1. The quantitative estimate of drug-likeness (QED) is 0.0322. The Kier molecular flexibility index (Phi) is 20.9. The number of nitrogens with two attached hydrogens (primary N) is 2. The molecule has 9 amide bonds. The lowest BCUT2D eigenvalue weighted by Gasteiger charge is -2.30. The summed E-state index contributed by atoms with van der Waals surface area (Å²) in [4.78, 5) is 129. The second-order valence-electron chi connectivity index (χ2n) is 18.4. The smallest absolute Gasteiger partial charge is 0.408 e. The number of alkyl carbamates (subject to hydrolysis) is 1. The Bertz CT molecular complexity index is 2790. The maximum Gasteiger partial charge on any atom is 0.408 e. The summed E-state index contributed by atoms with van der Waals surface area (Å²) < 4.78 is 10.8. The molecule has 408 valence electrons. The number of nitrogens with one attached hydrogen (secondary N) is 6. The number of nitrogens with zero attached hydrogens (tertiary/aromatic N) is 5. The van der Waals surface area contributed by atoms with Crippen molar-refractivity contribution in [1.82, 2.24) is 41.1 Å². The molecule has 2 aliphatic heterocycles. The number of rotatable bonds is 26. The average molecular weight is 1060 g/mol. The number of carbonyl (C=O) groups is 9. The van der Waals surface area contributed by atoms with Gasteiger partial charge in [0, 0.05) is 68.6 Å². The number of pyridine rings is 1. The SMILES string of the molecule is CC(C)[C@H](NC(=O)CCCCCN1C(=O)C=CC1=O)C(=O)N[C@@H](CCCNC(N)=O)C(=O)Nc1ccc(COC(=O)N[C@H](Cc2ccc(-c3cnc(N)c(C(=O)Nc4cnccc4N4CCOCC4)n3)cc2)C(=O)O)cc1. The molecule has 3 atom stereocenters. The van der Waals surface area contributed by atoms with Gasteiger partial charge >= 0.3 is 18.1 Å². The summed E-state index contributed by atoms with van der Waals surface area (Å²) in [6, 6.07) is 10.4. The van der Waals surface area contributed by atoms with Crippen LogP contribution in [-0.4, -0.2) is 136 Å². The fourth-order valence-electron chi connectivity index (χ4n) is 8.16. The van der Waals surface area contributed by atoms with Crippen molar-refractivity contribution in [3.8, 4) is 11.3 Å². The highest BCUT2D eigenvalue weighted by molar-refractivity contribution is 6.13. The van der Waals surface area contributed by atoms with Crippen molar-refractivity contribution in [1.29, 1.82) is 0 Å². The number of amides is 9. The molecule has 2 aromatic heterocycles. The summed E-state index contributed by atoms with van der Waals surface area (Å²) in [5.74, 6) is -4.68. The fourth-order valence-corrected chi connectivity index (χ4v) is 8.16. The van der Waals surface area contributed by atoms with Gasteiger partial charge in [0.2, 0.25) is 17.7 Å². The molecule has 4 aromatic rings. The van der Waals surface area contributed by atoms with Crippen molar-refractivity contribution < 1.29 is 57.7 Å². The molecule has 0 unspecified atom stereocenters. The van der Waals surface area contributed by atoms with E-state index in [0.29, 0.717) is 79.3 Å². The maximum absolute atomic E-state index is 13.6. The van der Waals surface area contributed by atoms with E-state index in [-0.39, 0.29) is 80.5 Å². The number of urea groups is 1. The van der Waals surface area contributed by atoms with Crippen molar-refractivity contribution in [2.75, 3.05) is 60.7 Å². The van der Waals surface area contributed by atoms with Crippen LogP contribution in [0.25, 0.3) is 11.3 Å². The molecule has 2 aliphatic rings. The van der Waals surface area contributed by atoms with E-state index in [9.17, 15) is 48.3 Å². The van der Waals surface area contributed by atoms with Crippen LogP contribution in [-0.2, 0) is 51.3 Å². The normalized spacial score (nSPS) is 14.3. The number of hydrogen-bond donors (Lipinski definition) is 9. The van der Waals surface area contributed by atoms with E-state index in [1.54, 1.807) is 62.5 Å². The highest BCUT2D eigenvalue weighted by Crippen LogP contribution is 2.27. The van der Waals surface area contributed by atoms with Gasteiger partial charge in [-0.3, -0.25) is 38.7 Å². The Morgan fingerprint density at radius 3 is 2.18 bits per heavy atom. The van der Waals surface area contributed by atoms with Gasteiger partial charge < -0.3 is 62.8 Å². The van der Waals surface area contributed by atoms with E-state index in [4.69, 9.17) is 20.9 Å². The molecule has 0 aliphatic carbocycles. The number of unbranched alkanes of at least 4 members (excludes halogenated alkanes) is 2. The van der Waals surface area contributed by atoms with Gasteiger partial charge in [-0.05, 0) is 60.9 Å². The molecule has 25 nitrogen and oxygen atoms in total. The third kappa shape index (κ3) is 17.3. The van der Waals surface area contributed by atoms with E-state index in [0.717, 1.165) is 10.6 Å². The van der Waals surface area contributed by atoms with Crippen LogP contribution in [0.1, 0.15) is 74.0 Å². The van der Waals surface area contributed by atoms with Crippen LogP contribution in [0.3, 0.4) is 0 Å². The number of ether oxygens (including phenoxy) is 2. The minimum Gasteiger partial charge on any atom is -0.480 e. The number of morpholine rings is 1. The number of nitrogen functional groups attached to an aromatic ring is 1. The standard InChI is InChI=1S/C52H63N13O12/c1-31(2)44(63-41(66)8-4-3-5-22-65-42(67)17-18-43(65)68)48(70)60-36(7-6-20-56-51(54)74)47(69)58-35-15-11-33(12-16-35)30-77-52(75)62-37(50(72)73)27-32-9-13-34(14-10-32)38-29-57-46(53)45(59-38)49(71)61-39-28-55-21-19-40(39)64-23-25-76-26-24-64/h9-19,21,28-29,31,36-37,44H,3-8,20,22-27,30H2,1-2H3,(H2,53,57)(H,58,69)(H,60,70)(H,61,71)(H,62,75)(H,63,66)(H,72,73)(H3,54,56,74)/t36-,37+,44-/m0/s1. The van der Waals surface area contributed by atoms with Crippen molar-refractivity contribution in [3.63, 3.8) is 0 Å². The van der Waals surface area contributed by atoms with Gasteiger partial charge in [-0.2, -0.15) is 0 Å². The first-order valence-electron chi connectivity index (χ1n) is 25.0. The number of primary amides is 1. The molecule has 2 aromatic carbocycles. The number of benzene rings is 2. The fraction of sp³-hybridized carbons (Fsp3) is 0.385. The largest absolute Gasteiger partial charge is 0.480 e. The zero-order valence-electron chi connectivity index (χ0n) is 42.6. The van der Waals surface area contributed by atoms with Crippen molar-refractivity contribution in [3.05, 3.63) is 102 Å². The molecular formula is C52H63N13O12. The van der Waals surface area contributed by atoms with Crippen LogP contribution in [0.5, 0.6) is 0 Å². The maximum atomic E-state index is 13.6. The lowest BCUT2D eigenvalue weighted by atomic mass is 10.0. The molecule has 77 heavy (non-hydrogen) atoms. The van der Waals surface area contributed by atoms with E-state index in [1.165, 1.54) is 36.7 Å². The number of hydrogen-bond acceptors (Lipinski definition) is 16. The average Bonchev–Trinajstić information content (AvgIpc) is 3.74. The van der Waals surface area contributed by atoms with Gasteiger partial charge in [-0.15, -0.1) is 0 Å². The van der Waals surface area contributed by atoms with Crippen molar-refractivity contribution in [2.45, 2.75) is 83.5 Å². The van der Waals surface area contributed by atoms with E-state index < -0.39 is 53.9 Å². The molecule has 0 spiro atoms. The molecule has 4 heterocycles. The number of aliphatic carboxylic acids is 1. The first kappa shape index (κ1) is 57.3. The van der Waals surface area contributed by atoms with E-state index in [2.05, 4.69) is 51.8 Å². The zero-order valence-corrected chi connectivity index (χ0v) is 42.6. The van der Waals surface area contributed by atoms with Gasteiger partial charge in [0.1, 0.15) is 24.7 Å². The summed E-state index contributed by atoms with van der Waals surface area (Å²) in [5, 5.41) is 25.9. The van der Waals surface area contributed by atoms with Crippen LogP contribution in [0.2, 0.25) is 0 Å². The Balaban J connectivity index is 0.976. The predicted molar refractivity (Wildman–Crippen MR) is 280 cm³/mol. The van der Waals surface area contributed by atoms with Gasteiger partial charge in [0.25, 0.3) is 17.7 Å². The van der Waals surface area contributed by atoms with E-state index >= 15 is 0 Å². The second-order valence-corrected chi connectivity index (χ2v) is 18.4. The molecule has 1 saturated heterocycles. The van der Waals surface area contributed by atoms with Gasteiger partial charge in [0.05, 0.1) is 42.7 Å². The first-order valence-corrected chi connectivity index (χ1v) is 25.0. The zero-order chi connectivity index (χ0) is 55.4. The Hall–Kier alpha value is -9.00. The summed E-state index contributed by atoms with van der Waals surface area (Å²) >= 11 is 0. The Morgan fingerprint density at radius 1 is 0.805 bits per heavy atom. The highest BCUT2D eigenvalue weighted by atomic mass is 16.5. The first-order chi connectivity index (χ1) is 36.9. The molecule has 0 saturated carbocycles. The Morgan fingerprint density at radius 2 is 1.51 bits per heavy atom. The van der Waals surface area contributed by atoms with Crippen molar-refractivity contribution in [2.24, 2.45) is 11.7 Å². The van der Waals surface area contributed by atoms with Crippen LogP contribution in [0, 0.1) is 5.92 Å². The van der Waals surface area contributed by atoms with Crippen LogP contribution < -0.4 is 48.3 Å². The lowest BCUT2D eigenvalue weighted by Crippen LogP contribution is -2.54. The molecule has 11 N–H and O–H groups in total. The van der Waals surface area contributed by atoms with Crippen LogP contribution in [0.15, 0.2) is 85.3 Å². The van der Waals surface area contributed by atoms with Gasteiger partial charge in [-0.25, -0.2) is 24.4 Å². The van der Waals surface area contributed by atoms with Crippen LogP contribution in [0.4, 0.5) is 32.5 Å². The molecule has 6 rings (SSSR count). The van der Waals surface area contributed by atoms with Gasteiger partial charge in [-0.1, -0.05) is 56.7 Å². The lowest BCUT2D eigenvalue weighted by molar-refractivity contribution is -0.139. The monoisotopic (exact) mass is 1060 g/mol. The van der Waals surface area contributed by atoms with Crippen molar-refractivity contribution >= 4 is 76.4 Å². The number of carboxylic acids is 1. The summed E-state index contributed by atoms with van der Waals surface area (Å²) in [6.07, 6.45) is 7.85. The molecule has 0 bridgehead atoms. The Labute approximate surface area is 443 Å². The number of imide groups is 1. The summed E-state index contributed by atoms with van der Waals surface area (Å²) in [5.41, 5.74) is 14.7. The number of carboxylic acid groups (broad SMARTS) is 1. The van der Waals surface area contributed by atoms with E-state index in [1.807, 2.05) is 0 Å². The molecular weight excluding hydrogens is 999 g/mol. The predicted octanol–water partition coefficient (Wildman–Crippen LogP) is 2.63. The van der Waals surface area contributed by atoms with Crippen LogP contribution >= 0.6 is 0 Å². The highest BCUT2D eigenvalue weighted by Gasteiger charge is 2.30. The number of carbonyl (C=O) groups excluding carboxylic acids is 8. The van der Waals surface area contributed by atoms with Gasteiger partial charge in [0.15, 0.2) is 11.5 Å². The third-order valence-corrected chi connectivity index (χ3v) is 12.3. The summed E-state index contributed by atoms with van der Waals surface area (Å²) in [6.45, 7) is 5.95. The number of anilines is 4. The minimum atomic E-state index is -1.37. The third-order valence-electron chi connectivity index (χ3n) is 12.3. The minimum absolute atomic E-state index is 0.0853.